The van der Waals surface area contributed by atoms with Gasteiger partial charge < -0.3 is 10.2 Å². The first-order valence-corrected chi connectivity index (χ1v) is 7.35. The van der Waals surface area contributed by atoms with Crippen LogP contribution in [0.1, 0.15) is 32.6 Å². The topological polar surface area (TPSA) is 35.6 Å². The first kappa shape index (κ1) is 13.8. The van der Waals surface area contributed by atoms with Crippen LogP contribution >= 0.6 is 0 Å². The maximum atomic E-state index is 12.0. The summed E-state index contributed by atoms with van der Waals surface area (Å²) in [6.45, 7) is 7.03. The van der Waals surface area contributed by atoms with Crippen LogP contribution in [0.2, 0.25) is 0 Å². The molecule has 1 N–H and O–H groups in total. The molecule has 0 spiro atoms. The maximum absolute atomic E-state index is 12.0. The van der Waals surface area contributed by atoms with Crippen LogP contribution < -0.4 is 5.32 Å². The molecule has 0 aromatic heterocycles. The highest BCUT2D eigenvalue weighted by atomic mass is 16.2. The Morgan fingerprint density at radius 3 is 2.50 bits per heavy atom. The SMILES string of the molecule is CC1CCCCC1NC(=O)CN1CCN(C)CC1. The predicted octanol–water partition coefficient (Wildman–Crippen LogP) is 0.929. The molecule has 1 aliphatic carbocycles. The molecule has 1 amide bonds. The van der Waals surface area contributed by atoms with Crippen molar-refractivity contribution in [2.75, 3.05) is 39.8 Å². The standard InChI is InChI=1S/C14H27N3O/c1-12-5-3-4-6-13(12)15-14(18)11-17-9-7-16(2)8-10-17/h12-13H,3-11H2,1-2H3,(H,15,18). The van der Waals surface area contributed by atoms with Gasteiger partial charge in [0, 0.05) is 32.2 Å². The number of amides is 1. The molecule has 104 valence electrons. The fourth-order valence-corrected chi connectivity index (χ4v) is 2.99. The van der Waals surface area contributed by atoms with Crippen molar-refractivity contribution in [1.82, 2.24) is 15.1 Å². The minimum Gasteiger partial charge on any atom is -0.352 e. The van der Waals surface area contributed by atoms with Crippen LogP contribution in [0.4, 0.5) is 0 Å². The molecule has 0 radical (unpaired) electrons. The fourth-order valence-electron chi connectivity index (χ4n) is 2.99. The Kier molecular flexibility index (Phi) is 5.01. The lowest BCUT2D eigenvalue weighted by molar-refractivity contribution is -0.123. The molecular weight excluding hydrogens is 226 g/mol. The third-order valence-electron chi connectivity index (χ3n) is 4.42. The highest BCUT2D eigenvalue weighted by molar-refractivity contribution is 5.78. The Balaban J connectivity index is 1.71. The molecule has 4 nitrogen and oxygen atoms in total. The average Bonchev–Trinajstić information content (AvgIpc) is 2.35. The quantitative estimate of drug-likeness (QED) is 0.813. The largest absolute Gasteiger partial charge is 0.352 e. The van der Waals surface area contributed by atoms with Crippen molar-refractivity contribution in [2.45, 2.75) is 38.6 Å². The van der Waals surface area contributed by atoms with E-state index in [1.54, 1.807) is 0 Å². The van der Waals surface area contributed by atoms with Gasteiger partial charge in [0.25, 0.3) is 0 Å². The first-order valence-electron chi connectivity index (χ1n) is 7.35. The van der Waals surface area contributed by atoms with Crippen molar-refractivity contribution < 1.29 is 4.79 Å². The minimum absolute atomic E-state index is 0.221. The predicted molar refractivity (Wildman–Crippen MR) is 73.5 cm³/mol. The van der Waals surface area contributed by atoms with Crippen molar-refractivity contribution in [3.63, 3.8) is 0 Å². The van der Waals surface area contributed by atoms with Crippen LogP contribution in [0.15, 0.2) is 0 Å². The maximum Gasteiger partial charge on any atom is 0.234 e. The van der Waals surface area contributed by atoms with Gasteiger partial charge >= 0.3 is 0 Å². The third-order valence-corrected chi connectivity index (χ3v) is 4.42. The van der Waals surface area contributed by atoms with Crippen LogP contribution in [0.3, 0.4) is 0 Å². The Hall–Kier alpha value is -0.610. The van der Waals surface area contributed by atoms with E-state index in [1.807, 2.05) is 0 Å². The second-order valence-corrected chi connectivity index (χ2v) is 6.02. The van der Waals surface area contributed by atoms with Crippen molar-refractivity contribution in [2.24, 2.45) is 5.92 Å². The number of piperazine rings is 1. The second kappa shape index (κ2) is 6.53. The van der Waals surface area contributed by atoms with Crippen molar-refractivity contribution in [3.05, 3.63) is 0 Å². The Bertz CT molecular complexity index is 274. The smallest absolute Gasteiger partial charge is 0.234 e. The third kappa shape index (κ3) is 3.95. The summed E-state index contributed by atoms with van der Waals surface area (Å²) in [5.74, 6) is 0.869. The van der Waals surface area contributed by atoms with Crippen molar-refractivity contribution in [3.8, 4) is 0 Å². The number of likely N-dealkylation sites (N-methyl/N-ethyl adjacent to an activating group) is 1. The summed E-state index contributed by atoms with van der Waals surface area (Å²) in [4.78, 5) is 16.6. The normalized spacial score (nSPS) is 31.2. The molecule has 4 heteroatoms. The number of carbonyl (C=O) groups is 1. The molecule has 2 aliphatic rings. The molecule has 1 aliphatic heterocycles. The molecule has 1 saturated heterocycles. The molecule has 18 heavy (non-hydrogen) atoms. The summed E-state index contributed by atoms with van der Waals surface area (Å²) in [6.07, 6.45) is 5.02. The van der Waals surface area contributed by atoms with Gasteiger partial charge in [0.15, 0.2) is 0 Å². The molecular formula is C14H27N3O. The van der Waals surface area contributed by atoms with Gasteiger partial charge in [0.05, 0.1) is 6.54 Å². The highest BCUT2D eigenvalue weighted by Crippen LogP contribution is 2.23. The van der Waals surface area contributed by atoms with Gasteiger partial charge in [-0.05, 0) is 25.8 Å². The summed E-state index contributed by atoms with van der Waals surface area (Å²) in [6, 6.07) is 0.415. The number of nitrogens with one attached hydrogen (secondary N) is 1. The van der Waals surface area contributed by atoms with E-state index in [-0.39, 0.29) is 5.91 Å². The summed E-state index contributed by atoms with van der Waals surface area (Å²) in [5.41, 5.74) is 0. The molecule has 0 aromatic rings. The molecule has 0 bridgehead atoms. The Morgan fingerprint density at radius 2 is 1.83 bits per heavy atom. The van der Waals surface area contributed by atoms with E-state index < -0.39 is 0 Å². The lowest BCUT2D eigenvalue weighted by Gasteiger charge is -2.33. The van der Waals surface area contributed by atoms with Crippen LogP contribution in [-0.2, 0) is 4.79 Å². The average molecular weight is 253 g/mol. The summed E-state index contributed by atoms with van der Waals surface area (Å²) in [5, 5.41) is 3.23. The van der Waals surface area contributed by atoms with Gasteiger partial charge in [-0.2, -0.15) is 0 Å². The summed E-state index contributed by atoms with van der Waals surface area (Å²) >= 11 is 0. The van der Waals surface area contributed by atoms with Crippen molar-refractivity contribution in [1.29, 1.82) is 0 Å². The molecule has 2 fully saturated rings. The molecule has 2 unspecified atom stereocenters. The van der Waals surface area contributed by atoms with Gasteiger partial charge in [0.1, 0.15) is 0 Å². The first-order chi connectivity index (χ1) is 8.65. The highest BCUT2D eigenvalue weighted by Gasteiger charge is 2.24. The molecule has 2 atom stereocenters. The zero-order valence-electron chi connectivity index (χ0n) is 11.8. The number of rotatable bonds is 3. The van der Waals surface area contributed by atoms with E-state index in [0.29, 0.717) is 18.5 Å². The summed E-state index contributed by atoms with van der Waals surface area (Å²) < 4.78 is 0. The van der Waals surface area contributed by atoms with E-state index in [9.17, 15) is 4.79 Å². The molecule has 1 saturated carbocycles. The van der Waals surface area contributed by atoms with Crippen LogP contribution in [0.25, 0.3) is 0 Å². The zero-order chi connectivity index (χ0) is 13.0. The molecule has 1 heterocycles. The van der Waals surface area contributed by atoms with Gasteiger partial charge in [-0.15, -0.1) is 0 Å². The van der Waals surface area contributed by atoms with E-state index >= 15 is 0 Å². The lowest BCUT2D eigenvalue weighted by Crippen LogP contribution is -2.50. The van der Waals surface area contributed by atoms with Gasteiger partial charge in [-0.25, -0.2) is 0 Å². The minimum atomic E-state index is 0.221. The summed E-state index contributed by atoms with van der Waals surface area (Å²) in [7, 11) is 2.14. The lowest BCUT2D eigenvalue weighted by atomic mass is 9.86. The van der Waals surface area contributed by atoms with E-state index in [2.05, 4.69) is 29.1 Å². The number of hydrogen-bond acceptors (Lipinski definition) is 3. The second-order valence-electron chi connectivity index (χ2n) is 6.02. The van der Waals surface area contributed by atoms with Gasteiger partial charge in [-0.3, -0.25) is 9.69 Å². The molecule has 2 rings (SSSR count). The monoisotopic (exact) mass is 253 g/mol. The van der Waals surface area contributed by atoms with E-state index in [1.165, 1.54) is 19.3 Å². The van der Waals surface area contributed by atoms with Crippen LogP contribution in [0, 0.1) is 5.92 Å². The number of nitrogens with zero attached hydrogens (tertiary/aromatic N) is 2. The number of hydrogen-bond donors (Lipinski definition) is 1. The fraction of sp³-hybridized carbons (Fsp3) is 0.929. The van der Waals surface area contributed by atoms with Crippen molar-refractivity contribution >= 4 is 5.91 Å². The zero-order valence-corrected chi connectivity index (χ0v) is 11.8. The van der Waals surface area contributed by atoms with Crippen LogP contribution in [-0.4, -0.2) is 61.5 Å². The Labute approximate surface area is 111 Å². The van der Waals surface area contributed by atoms with E-state index in [4.69, 9.17) is 0 Å². The van der Waals surface area contributed by atoms with E-state index in [0.717, 1.165) is 32.6 Å². The van der Waals surface area contributed by atoms with Gasteiger partial charge in [0.2, 0.25) is 5.91 Å². The van der Waals surface area contributed by atoms with Crippen LogP contribution in [0.5, 0.6) is 0 Å². The van der Waals surface area contributed by atoms with Gasteiger partial charge in [-0.1, -0.05) is 19.8 Å². The number of carbonyl (C=O) groups excluding carboxylic acids is 1. The molecule has 0 aromatic carbocycles. The Morgan fingerprint density at radius 1 is 1.17 bits per heavy atom.